The standard InChI is InChI=1S/C13H10N2O2/c1-2-12(16)11-8-15-13(9-14-11)17-10-6-4-3-5-7-10/h2-9H,1H2. The van der Waals surface area contributed by atoms with Gasteiger partial charge in [-0.05, 0) is 18.2 Å². The lowest BCUT2D eigenvalue weighted by Gasteiger charge is -2.03. The maximum absolute atomic E-state index is 11.2. The number of aromatic nitrogens is 2. The molecule has 0 aliphatic carbocycles. The molecule has 1 aromatic heterocycles. The Hall–Kier alpha value is -2.49. The molecular weight excluding hydrogens is 216 g/mol. The zero-order chi connectivity index (χ0) is 12.1. The van der Waals surface area contributed by atoms with Crippen molar-refractivity contribution < 1.29 is 9.53 Å². The Morgan fingerprint density at radius 3 is 2.53 bits per heavy atom. The number of carbonyl (C=O) groups excluding carboxylic acids is 1. The van der Waals surface area contributed by atoms with Crippen molar-refractivity contribution in [1.29, 1.82) is 0 Å². The number of carbonyl (C=O) groups is 1. The maximum Gasteiger partial charge on any atom is 0.237 e. The molecule has 0 saturated carbocycles. The molecule has 1 aromatic carbocycles. The van der Waals surface area contributed by atoms with Gasteiger partial charge < -0.3 is 4.74 Å². The zero-order valence-electron chi connectivity index (χ0n) is 9.04. The molecule has 0 spiro atoms. The Kier molecular flexibility index (Phi) is 3.25. The van der Waals surface area contributed by atoms with Crippen LogP contribution < -0.4 is 4.74 Å². The highest BCUT2D eigenvalue weighted by atomic mass is 16.5. The minimum atomic E-state index is -0.260. The molecule has 0 N–H and O–H groups in total. The summed E-state index contributed by atoms with van der Waals surface area (Å²) >= 11 is 0. The van der Waals surface area contributed by atoms with Crippen LogP contribution in [0.3, 0.4) is 0 Å². The minimum Gasteiger partial charge on any atom is -0.438 e. The average molecular weight is 226 g/mol. The molecule has 0 saturated heterocycles. The quantitative estimate of drug-likeness (QED) is 0.594. The van der Waals surface area contributed by atoms with Crippen LogP contribution >= 0.6 is 0 Å². The second kappa shape index (κ2) is 5.03. The van der Waals surface area contributed by atoms with E-state index in [1.807, 2.05) is 30.3 Å². The molecule has 0 fully saturated rings. The summed E-state index contributed by atoms with van der Waals surface area (Å²) < 4.78 is 5.44. The van der Waals surface area contributed by atoms with E-state index in [0.717, 1.165) is 0 Å². The van der Waals surface area contributed by atoms with Crippen LogP contribution in [0.1, 0.15) is 10.5 Å². The summed E-state index contributed by atoms with van der Waals surface area (Å²) in [5.74, 6) is 0.755. The normalized spacial score (nSPS) is 9.65. The van der Waals surface area contributed by atoms with Gasteiger partial charge in [0.15, 0.2) is 0 Å². The molecule has 4 nitrogen and oxygen atoms in total. The highest BCUT2D eigenvalue weighted by Crippen LogP contribution is 2.17. The number of ketones is 1. The third-order valence-electron chi connectivity index (χ3n) is 2.03. The van der Waals surface area contributed by atoms with Gasteiger partial charge >= 0.3 is 0 Å². The number of hydrogen-bond acceptors (Lipinski definition) is 4. The highest BCUT2D eigenvalue weighted by molar-refractivity contribution is 6.02. The van der Waals surface area contributed by atoms with Gasteiger partial charge in [-0.1, -0.05) is 24.8 Å². The van der Waals surface area contributed by atoms with Gasteiger partial charge in [-0.2, -0.15) is 0 Å². The van der Waals surface area contributed by atoms with Crippen molar-refractivity contribution in [3.63, 3.8) is 0 Å². The molecule has 0 atom stereocenters. The second-order valence-corrected chi connectivity index (χ2v) is 3.22. The fraction of sp³-hybridized carbons (Fsp3) is 0. The van der Waals surface area contributed by atoms with Gasteiger partial charge in [0.05, 0.1) is 12.4 Å². The SMILES string of the molecule is C=CC(=O)c1cnc(Oc2ccccc2)cn1. The summed E-state index contributed by atoms with van der Waals surface area (Å²) in [5.41, 5.74) is 0.250. The van der Waals surface area contributed by atoms with Crippen LogP contribution in [-0.2, 0) is 0 Å². The second-order valence-electron chi connectivity index (χ2n) is 3.22. The first-order chi connectivity index (χ1) is 8.29. The zero-order valence-corrected chi connectivity index (χ0v) is 9.04. The van der Waals surface area contributed by atoms with Gasteiger partial charge in [0, 0.05) is 0 Å². The molecule has 2 aromatic rings. The summed E-state index contributed by atoms with van der Waals surface area (Å²) in [6.45, 7) is 3.38. The van der Waals surface area contributed by atoms with Gasteiger partial charge in [-0.25, -0.2) is 9.97 Å². The van der Waals surface area contributed by atoms with Gasteiger partial charge in [0.2, 0.25) is 11.7 Å². The number of hydrogen-bond donors (Lipinski definition) is 0. The topological polar surface area (TPSA) is 52.1 Å². The Morgan fingerprint density at radius 2 is 1.94 bits per heavy atom. The Morgan fingerprint density at radius 1 is 1.18 bits per heavy atom. The molecule has 1 heterocycles. The van der Waals surface area contributed by atoms with Gasteiger partial charge in [-0.3, -0.25) is 4.79 Å². The first-order valence-corrected chi connectivity index (χ1v) is 5.01. The van der Waals surface area contributed by atoms with Crippen LogP contribution in [0.5, 0.6) is 11.6 Å². The van der Waals surface area contributed by atoms with Gasteiger partial charge in [0.1, 0.15) is 11.4 Å². The summed E-state index contributed by atoms with van der Waals surface area (Å²) in [6, 6.07) is 9.23. The Labute approximate surface area is 98.6 Å². The summed E-state index contributed by atoms with van der Waals surface area (Å²) in [4.78, 5) is 19.1. The Bertz CT molecular complexity index is 521. The van der Waals surface area contributed by atoms with Gasteiger partial charge in [-0.15, -0.1) is 0 Å². The van der Waals surface area contributed by atoms with Gasteiger partial charge in [0.25, 0.3) is 0 Å². The molecule has 0 aliphatic rings. The molecule has 17 heavy (non-hydrogen) atoms. The Balaban J connectivity index is 2.14. The number of rotatable bonds is 4. The first-order valence-electron chi connectivity index (χ1n) is 5.01. The van der Waals surface area contributed by atoms with Crippen molar-refractivity contribution in [3.8, 4) is 11.6 Å². The number of nitrogens with zero attached hydrogens (tertiary/aromatic N) is 2. The lowest BCUT2D eigenvalue weighted by atomic mass is 10.3. The van der Waals surface area contributed by atoms with Crippen LogP contribution in [0.4, 0.5) is 0 Å². The van der Waals surface area contributed by atoms with Crippen molar-refractivity contribution in [3.05, 3.63) is 61.1 Å². The molecule has 2 rings (SSSR count). The molecular formula is C13H10N2O2. The van der Waals surface area contributed by atoms with Crippen LogP contribution in [0, 0.1) is 0 Å². The van der Waals surface area contributed by atoms with Crippen molar-refractivity contribution in [2.45, 2.75) is 0 Å². The van der Waals surface area contributed by atoms with E-state index in [9.17, 15) is 4.79 Å². The van der Waals surface area contributed by atoms with Crippen LogP contribution in [-0.4, -0.2) is 15.8 Å². The van der Waals surface area contributed by atoms with Crippen LogP contribution in [0.15, 0.2) is 55.4 Å². The van der Waals surface area contributed by atoms with Crippen molar-refractivity contribution in [2.75, 3.05) is 0 Å². The van der Waals surface area contributed by atoms with Crippen LogP contribution in [0.2, 0.25) is 0 Å². The van der Waals surface area contributed by atoms with E-state index in [1.54, 1.807) is 0 Å². The molecule has 4 heteroatoms. The van der Waals surface area contributed by atoms with E-state index < -0.39 is 0 Å². The van der Waals surface area contributed by atoms with E-state index in [-0.39, 0.29) is 11.5 Å². The molecule has 0 unspecified atom stereocenters. The number of allylic oxidation sites excluding steroid dienone is 1. The number of para-hydroxylation sites is 1. The smallest absolute Gasteiger partial charge is 0.237 e. The van der Waals surface area contributed by atoms with E-state index in [0.29, 0.717) is 11.6 Å². The molecule has 0 amide bonds. The number of ether oxygens (including phenoxy) is 1. The number of benzene rings is 1. The fourth-order valence-electron chi connectivity index (χ4n) is 1.21. The largest absolute Gasteiger partial charge is 0.438 e. The third kappa shape index (κ3) is 2.75. The lowest BCUT2D eigenvalue weighted by molar-refractivity contribution is 0.104. The van der Waals surface area contributed by atoms with E-state index in [2.05, 4.69) is 16.5 Å². The van der Waals surface area contributed by atoms with E-state index in [1.165, 1.54) is 18.5 Å². The third-order valence-corrected chi connectivity index (χ3v) is 2.03. The maximum atomic E-state index is 11.2. The van der Waals surface area contributed by atoms with Crippen molar-refractivity contribution in [2.24, 2.45) is 0 Å². The molecule has 84 valence electrons. The average Bonchev–Trinajstić information content (AvgIpc) is 2.40. The molecule has 0 aliphatic heterocycles. The van der Waals surface area contributed by atoms with Crippen molar-refractivity contribution in [1.82, 2.24) is 9.97 Å². The van der Waals surface area contributed by atoms with E-state index in [4.69, 9.17) is 4.74 Å². The highest BCUT2D eigenvalue weighted by Gasteiger charge is 2.04. The lowest BCUT2D eigenvalue weighted by Crippen LogP contribution is -1.99. The summed E-state index contributed by atoms with van der Waals surface area (Å²) in [7, 11) is 0. The predicted molar refractivity (Wildman–Crippen MR) is 63.1 cm³/mol. The fourth-order valence-corrected chi connectivity index (χ4v) is 1.21. The van der Waals surface area contributed by atoms with Crippen molar-refractivity contribution >= 4 is 5.78 Å². The summed E-state index contributed by atoms with van der Waals surface area (Å²) in [6.07, 6.45) is 3.97. The minimum absolute atomic E-state index is 0.250. The first kappa shape index (κ1) is 11.0. The summed E-state index contributed by atoms with van der Waals surface area (Å²) in [5, 5.41) is 0. The van der Waals surface area contributed by atoms with E-state index >= 15 is 0 Å². The predicted octanol–water partition coefficient (Wildman–Crippen LogP) is 2.64. The molecule has 0 radical (unpaired) electrons. The van der Waals surface area contributed by atoms with Crippen LogP contribution in [0.25, 0.3) is 0 Å². The monoisotopic (exact) mass is 226 g/mol. The molecule has 0 bridgehead atoms.